The van der Waals surface area contributed by atoms with Crippen molar-refractivity contribution in [3.8, 4) is 45.4 Å². The number of hydrogen-bond donors (Lipinski definition) is 1. The average molecular weight is 470 g/mol. The Balaban J connectivity index is 1.63. The van der Waals surface area contributed by atoms with Crippen LogP contribution in [0.5, 0.6) is 23.0 Å². The summed E-state index contributed by atoms with van der Waals surface area (Å²) in [5.41, 5.74) is 3.25. The fraction of sp³-hybridized carbons (Fsp3) is 0.160. The molecule has 8 heteroatoms. The minimum absolute atomic E-state index is 0.0458. The predicted octanol–water partition coefficient (Wildman–Crippen LogP) is 6.41. The minimum Gasteiger partial charge on any atom is -0.507 e. The van der Waals surface area contributed by atoms with Crippen molar-refractivity contribution in [1.82, 2.24) is 5.16 Å². The standard InChI is InChI=1S/C25H21ClFNO5/c1-14-24(15-5-9-22(30-2)23(10-15)31-3)25(33-28-14)19-8-7-18(12-21(19)29)32-13-16-4-6-17(27)11-20(16)26/h4-12,29H,13H2,1-3H3. The normalized spacial score (nSPS) is 10.8. The molecule has 0 aliphatic heterocycles. The summed E-state index contributed by atoms with van der Waals surface area (Å²) < 4.78 is 35.2. The van der Waals surface area contributed by atoms with Crippen molar-refractivity contribution < 1.29 is 28.2 Å². The van der Waals surface area contributed by atoms with Gasteiger partial charge in [-0.15, -0.1) is 0 Å². The molecule has 0 radical (unpaired) electrons. The molecule has 1 aromatic heterocycles. The molecule has 1 N–H and O–H groups in total. The van der Waals surface area contributed by atoms with E-state index < -0.39 is 5.82 Å². The Morgan fingerprint density at radius 1 is 1.00 bits per heavy atom. The highest BCUT2D eigenvalue weighted by molar-refractivity contribution is 6.31. The van der Waals surface area contributed by atoms with Gasteiger partial charge in [-0.25, -0.2) is 4.39 Å². The molecule has 0 saturated heterocycles. The minimum atomic E-state index is -0.418. The summed E-state index contributed by atoms with van der Waals surface area (Å²) in [5.74, 6) is 1.52. The van der Waals surface area contributed by atoms with E-state index in [9.17, 15) is 9.50 Å². The topological polar surface area (TPSA) is 74.0 Å². The second-order valence-corrected chi connectivity index (χ2v) is 7.65. The largest absolute Gasteiger partial charge is 0.507 e. The van der Waals surface area contributed by atoms with Crippen LogP contribution >= 0.6 is 11.6 Å². The first-order valence-corrected chi connectivity index (χ1v) is 10.4. The second kappa shape index (κ2) is 9.42. The van der Waals surface area contributed by atoms with Crippen molar-refractivity contribution in [1.29, 1.82) is 0 Å². The summed E-state index contributed by atoms with van der Waals surface area (Å²) >= 11 is 6.05. The molecule has 0 aliphatic rings. The maximum Gasteiger partial charge on any atom is 0.178 e. The quantitative estimate of drug-likeness (QED) is 0.337. The highest BCUT2D eigenvalue weighted by atomic mass is 35.5. The van der Waals surface area contributed by atoms with E-state index in [0.717, 1.165) is 11.1 Å². The van der Waals surface area contributed by atoms with Gasteiger partial charge >= 0.3 is 0 Å². The highest BCUT2D eigenvalue weighted by Crippen LogP contribution is 2.42. The lowest BCUT2D eigenvalue weighted by molar-refractivity contribution is 0.304. The number of aromatic nitrogens is 1. The molecule has 0 unspecified atom stereocenters. The monoisotopic (exact) mass is 469 g/mol. The van der Waals surface area contributed by atoms with Crippen LogP contribution in [-0.2, 0) is 6.61 Å². The van der Waals surface area contributed by atoms with Crippen LogP contribution in [0.1, 0.15) is 11.3 Å². The summed E-state index contributed by atoms with van der Waals surface area (Å²) in [7, 11) is 3.13. The van der Waals surface area contributed by atoms with Gasteiger partial charge in [0, 0.05) is 11.6 Å². The first-order chi connectivity index (χ1) is 15.9. The Hall–Kier alpha value is -3.71. The van der Waals surface area contributed by atoms with Gasteiger partial charge in [0.05, 0.1) is 36.1 Å². The van der Waals surface area contributed by atoms with E-state index in [0.29, 0.717) is 39.8 Å². The summed E-state index contributed by atoms with van der Waals surface area (Å²) in [6, 6.07) is 14.4. The van der Waals surface area contributed by atoms with Gasteiger partial charge in [-0.3, -0.25) is 0 Å². The van der Waals surface area contributed by atoms with Crippen LogP contribution < -0.4 is 14.2 Å². The third-order valence-electron chi connectivity index (χ3n) is 5.16. The molecule has 6 nitrogen and oxygen atoms in total. The molecule has 3 aromatic carbocycles. The molecule has 4 aromatic rings. The maximum atomic E-state index is 13.2. The highest BCUT2D eigenvalue weighted by Gasteiger charge is 2.21. The third kappa shape index (κ3) is 4.59. The first kappa shape index (κ1) is 22.5. The van der Waals surface area contributed by atoms with Crippen molar-refractivity contribution in [3.63, 3.8) is 0 Å². The number of aromatic hydroxyl groups is 1. The van der Waals surface area contributed by atoms with Crippen LogP contribution in [0.15, 0.2) is 59.1 Å². The van der Waals surface area contributed by atoms with Gasteiger partial charge in [0.25, 0.3) is 0 Å². The molecule has 0 aliphatic carbocycles. The van der Waals surface area contributed by atoms with Crippen molar-refractivity contribution in [2.75, 3.05) is 14.2 Å². The molecule has 170 valence electrons. The van der Waals surface area contributed by atoms with Crippen molar-refractivity contribution in [3.05, 3.63) is 76.7 Å². The second-order valence-electron chi connectivity index (χ2n) is 7.25. The summed E-state index contributed by atoms with van der Waals surface area (Å²) in [6.45, 7) is 1.94. The van der Waals surface area contributed by atoms with Crippen LogP contribution in [0.3, 0.4) is 0 Å². The van der Waals surface area contributed by atoms with Crippen LogP contribution in [0.25, 0.3) is 22.5 Å². The van der Waals surface area contributed by atoms with Crippen LogP contribution in [-0.4, -0.2) is 24.5 Å². The average Bonchev–Trinajstić information content (AvgIpc) is 3.19. The van der Waals surface area contributed by atoms with Crippen molar-refractivity contribution in [2.24, 2.45) is 0 Å². The zero-order valence-electron chi connectivity index (χ0n) is 18.2. The van der Waals surface area contributed by atoms with Gasteiger partial charge < -0.3 is 23.8 Å². The van der Waals surface area contributed by atoms with Gasteiger partial charge in [0.2, 0.25) is 0 Å². The number of phenolic OH excluding ortho intramolecular Hbond substituents is 1. The maximum absolute atomic E-state index is 13.2. The summed E-state index contributed by atoms with van der Waals surface area (Å²) in [4.78, 5) is 0. The lowest BCUT2D eigenvalue weighted by Gasteiger charge is -2.11. The molecule has 4 rings (SSSR count). The van der Waals surface area contributed by atoms with Gasteiger partial charge in [-0.1, -0.05) is 28.9 Å². The SMILES string of the molecule is COc1ccc(-c2c(C)noc2-c2ccc(OCc3ccc(F)cc3Cl)cc2O)cc1OC. The fourth-order valence-electron chi connectivity index (χ4n) is 3.48. The van der Waals surface area contributed by atoms with Gasteiger partial charge in [0.1, 0.15) is 23.9 Å². The zero-order chi connectivity index (χ0) is 23.5. The van der Waals surface area contributed by atoms with Crippen LogP contribution in [0, 0.1) is 12.7 Å². The van der Waals surface area contributed by atoms with E-state index in [4.69, 9.17) is 30.3 Å². The van der Waals surface area contributed by atoms with Crippen LogP contribution in [0.4, 0.5) is 4.39 Å². The number of aryl methyl sites for hydroxylation is 1. The number of rotatable bonds is 7. The number of methoxy groups -OCH3 is 2. The molecule has 0 fully saturated rings. The Labute approximate surface area is 195 Å². The molecule has 0 bridgehead atoms. The summed E-state index contributed by atoms with van der Waals surface area (Å²) in [6.07, 6.45) is 0. The van der Waals surface area contributed by atoms with E-state index >= 15 is 0 Å². The van der Waals surface area contributed by atoms with E-state index in [-0.39, 0.29) is 17.4 Å². The number of phenols is 1. The Morgan fingerprint density at radius 3 is 2.48 bits per heavy atom. The molecule has 0 spiro atoms. The third-order valence-corrected chi connectivity index (χ3v) is 5.51. The van der Waals surface area contributed by atoms with Crippen molar-refractivity contribution >= 4 is 11.6 Å². The summed E-state index contributed by atoms with van der Waals surface area (Å²) in [5, 5.41) is 15.1. The molecule has 0 atom stereocenters. The Bertz CT molecular complexity index is 1300. The number of hydrogen-bond acceptors (Lipinski definition) is 6. The van der Waals surface area contributed by atoms with E-state index in [1.54, 1.807) is 38.5 Å². The number of nitrogens with zero attached hydrogens (tertiary/aromatic N) is 1. The molecular formula is C25H21ClFNO5. The smallest absolute Gasteiger partial charge is 0.178 e. The molecule has 1 heterocycles. The lowest BCUT2D eigenvalue weighted by atomic mass is 9.99. The van der Waals surface area contributed by atoms with Crippen molar-refractivity contribution in [2.45, 2.75) is 13.5 Å². The number of benzene rings is 3. The Morgan fingerprint density at radius 2 is 1.79 bits per heavy atom. The Kier molecular flexibility index (Phi) is 6.42. The van der Waals surface area contributed by atoms with Gasteiger partial charge in [-0.05, 0) is 48.9 Å². The molecule has 0 amide bonds. The van der Waals surface area contributed by atoms with E-state index in [1.807, 2.05) is 19.1 Å². The molecule has 0 saturated carbocycles. The predicted molar refractivity (Wildman–Crippen MR) is 123 cm³/mol. The van der Waals surface area contributed by atoms with E-state index in [2.05, 4.69) is 5.16 Å². The molecular weight excluding hydrogens is 449 g/mol. The van der Waals surface area contributed by atoms with E-state index in [1.165, 1.54) is 18.2 Å². The van der Waals surface area contributed by atoms with Crippen LogP contribution in [0.2, 0.25) is 5.02 Å². The van der Waals surface area contributed by atoms with Gasteiger partial charge in [0.15, 0.2) is 17.3 Å². The molecule has 33 heavy (non-hydrogen) atoms. The number of halogens is 2. The lowest BCUT2D eigenvalue weighted by Crippen LogP contribution is -1.97. The van der Waals surface area contributed by atoms with Gasteiger partial charge in [-0.2, -0.15) is 0 Å². The first-order valence-electron chi connectivity index (χ1n) is 10.00. The fourth-order valence-corrected chi connectivity index (χ4v) is 3.70. The number of ether oxygens (including phenoxy) is 3. The zero-order valence-corrected chi connectivity index (χ0v) is 18.9.